The molecule has 0 bridgehead atoms. The molecule has 1 aromatic heterocycles. The Labute approximate surface area is 346 Å². The second-order valence-electron chi connectivity index (χ2n) is 15.9. The van der Waals surface area contributed by atoms with E-state index in [2.05, 4.69) is 217 Å². The van der Waals surface area contributed by atoms with Crippen molar-refractivity contribution in [2.24, 2.45) is 0 Å². The van der Waals surface area contributed by atoms with Crippen LogP contribution >= 0.6 is 11.3 Å². The van der Waals surface area contributed by atoms with Gasteiger partial charge < -0.3 is 4.90 Å². The van der Waals surface area contributed by atoms with Gasteiger partial charge in [0, 0.05) is 26.7 Å². The van der Waals surface area contributed by atoms with E-state index in [-0.39, 0.29) is 0 Å². The number of fused-ring (bicyclic) bond motifs is 16. The SMILES string of the molecule is c1ccc2c(c1)-c1ccccc1C21c2ccccc2-c2c(N(c3ccc(-c4ccc5ccccc5c4)cc3)c3cc4ccccc4c4c3sc3ccccc34)cccc21. The van der Waals surface area contributed by atoms with Gasteiger partial charge in [0.05, 0.1) is 21.5 Å². The van der Waals surface area contributed by atoms with Gasteiger partial charge in [-0.25, -0.2) is 0 Å². The summed E-state index contributed by atoms with van der Waals surface area (Å²) in [4.78, 5) is 2.57. The molecule has 10 aromatic carbocycles. The van der Waals surface area contributed by atoms with Gasteiger partial charge in [-0.3, -0.25) is 0 Å². The molecule has 0 atom stereocenters. The van der Waals surface area contributed by atoms with E-state index in [1.165, 1.54) is 109 Å². The smallest absolute Gasteiger partial charge is 0.0726 e. The first-order valence-corrected chi connectivity index (χ1v) is 21.2. The Kier molecular flexibility index (Phi) is 6.87. The van der Waals surface area contributed by atoms with E-state index in [0.717, 1.165) is 5.69 Å². The molecule has 2 aliphatic rings. The molecule has 13 rings (SSSR count). The highest BCUT2D eigenvalue weighted by Crippen LogP contribution is 2.65. The Morgan fingerprint density at radius 1 is 0.373 bits per heavy atom. The Balaban J connectivity index is 1.12. The molecule has 0 fully saturated rings. The zero-order valence-electron chi connectivity index (χ0n) is 32.1. The van der Waals surface area contributed by atoms with E-state index in [1.807, 2.05) is 11.3 Å². The molecule has 0 aliphatic heterocycles. The molecular formula is C57H35NS. The molecular weight excluding hydrogens is 731 g/mol. The lowest BCUT2D eigenvalue weighted by Gasteiger charge is -2.32. The standard InChI is InChI=1S/C57H35NS/c1-2-15-38-34-39(29-28-36(38)14-1)37-30-32-41(33-31-37)58(52-35-40-16-3-4-17-42(40)54-46-21-8-12-27-53(46)59-56(52)54)51-26-13-25-50-55(51)45-20-7-11-24-49(45)57(50)47-22-9-5-18-43(47)44-19-6-10-23-48(44)57/h1-35H. The summed E-state index contributed by atoms with van der Waals surface area (Å²) in [6, 6.07) is 79.3. The highest BCUT2D eigenvalue weighted by atomic mass is 32.1. The Morgan fingerprint density at radius 2 is 0.949 bits per heavy atom. The maximum absolute atomic E-state index is 2.57. The lowest BCUT2D eigenvalue weighted by Crippen LogP contribution is -2.26. The minimum absolute atomic E-state index is 0.433. The van der Waals surface area contributed by atoms with Crippen LogP contribution in [0.3, 0.4) is 0 Å². The summed E-state index contributed by atoms with van der Waals surface area (Å²) in [5.74, 6) is 0. The summed E-state index contributed by atoms with van der Waals surface area (Å²) in [7, 11) is 0. The van der Waals surface area contributed by atoms with Crippen molar-refractivity contribution in [2.75, 3.05) is 4.90 Å². The van der Waals surface area contributed by atoms with Crippen molar-refractivity contribution in [1.29, 1.82) is 0 Å². The van der Waals surface area contributed by atoms with Crippen LogP contribution in [0.5, 0.6) is 0 Å². The van der Waals surface area contributed by atoms with Gasteiger partial charge >= 0.3 is 0 Å². The van der Waals surface area contributed by atoms with Crippen molar-refractivity contribution in [1.82, 2.24) is 0 Å². The number of anilines is 3. The van der Waals surface area contributed by atoms with Crippen LogP contribution in [-0.2, 0) is 5.41 Å². The number of hydrogen-bond donors (Lipinski definition) is 0. The van der Waals surface area contributed by atoms with Crippen LogP contribution in [-0.4, -0.2) is 0 Å². The second kappa shape index (κ2) is 12.4. The largest absolute Gasteiger partial charge is 0.308 e. The van der Waals surface area contributed by atoms with E-state index in [0.29, 0.717) is 0 Å². The molecule has 2 aliphatic carbocycles. The van der Waals surface area contributed by atoms with E-state index in [1.54, 1.807) is 0 Å². The molecule has 59 heavy (non-hydrogen) atoms. The van der Waals surface area contributed by atoms with Gasteiger partial charge in [0.25, 0.3) is 0 Å². The predicted molar refractivity (Wildman–Crippen MR) is 251 cm³/mol. The van der Waals surface area contributed by atoms with Gasteiger partial charge in [-0.1, -0.05) is 176 Å². The molecule has 1 spiro atoms. The van der Waals surface area contributed by atoms with Crippen LogP contribution < -0.4 is 4.90 Å². The molecule has 1 nitrogen and oxygen atoms in total. The minimum atomic E-state index is -0.433. The molecule has 2 heteroatoms. The van der Waals surface area contributed by atoms with E-state index in [4.69, 9.17) is 0 Å². The van der Waals surface area contributed by atoms with Gasteiger partial charge in [0.15, 0.2) is 0 Å². The maximum atomic E-state index is 2.57. The Hall–Kier alpha value is -7.26. The molecule has 0 amide bonds. The molecule has 0 saturated carbocycles. The quantitative estimate of drug-likeness (QED) is 0.172. The average molecular weight is 766 g/mol. The molecule has 1 heterocycles. The first-order valence-electron chi connectivity index (χ1n) is 20.4. The average Bonchev–Trinajstić information content (AvgIpc) is 3.95. The molecule has 11 aromatic rings. The summed E-state index contributed by atoms with van der Waals surface area (Å²) in [5, 5.41) is 7.66. The third kappa shape index (κ3) is 4.50. The Morgan fingerprint density at radius 3 is 1.71 bits per heavy atom. The first kappa shape index (κ1) is 32.8. The van der Waals surface area contributed by atoms with Gasteiger partial charge in [0.1, 0.15) is 0 Å². The Bertz CT molecular complexity index is 3470. The van der Waals surface area contributed by atoms with Crippen molar-refractivity contribution in [3.8, 4) is 33.4 Å². The molecule has 0 unspecified atom stereocenters. The van der Waals surface area contributed by atoms with Gasteiger partial charge in [0.2, 0.25) is 0 Å². The molecule has 0 saturated heterocycles. The minimum Gasteiger partial charge on any atom is -0.308 e. The number of hydrogen-bond acceptors (Lipinski definition) is 2. The van der Waals surface area contributed by atoms with E-state index < -0.39 is 5.41 Å². The summed E-state index contributed by atoms with van der Waals surface area (Å²) in [6.07, 6.45) is 0. The number of thiophene rings is 1. The summed E-state index contributed by atoms with van der Waals surface area (Å²) in [6.45, 7) is 0. The fourth-order valence-corrected chi connectivity index (χ4v) is 11.8. The fraction of sp³-hybridized carbons (Fsp3) is 0.0175. The second-order valence-corrected chi connectivity index (χ2v) is 17.0. The monoisotopic (exact) mass is 765 g/mol. The van der Waals surface area contributed by atoms with E-state index in [9.17, 15) is 0 Å². The van der Waals surface area contributed by atoms with E-state index >= 15 is 0 Å². The van der Waals surface area contributed by atoms with Crippen LogP contribution in [0, 0.1) is 0 Å². The van der Waals surface area contributed by atoms with Crippen LogP contribution in [0.4, 0.5) is 17.1 Å². The van der Waals surface area contributed by atoms with Crippen LogP contribution in [0.1, 0.15) is 22.3 Å². The lowest BCUT2D eigenvalue weighted by atomic mass is 9.70. The molecule has 0 N–H and O–H groups in total. The fourth-order valence-electron chi connectivity index (χ4n) is 10.6. The number of nitrogens with zero attached hydrogens (tertiary/aromatic N) is 1. The van der Waals surface area contributed by atoms with Crippen LogP contribution in [0.2, 0.25) is 0 Å². The van der Waals surface area contributed by atoms with Crippen molar-refractivity contribution >= 4 is 70.1 Å². The lowest BCUT2D eigenvalue weighted by molar-refractivity contribution is 0.794. The van der Waals surface area contributed by atoms with Gasteiger partial charge in [-0.2, -0.15) is 0 Å². The zero-order valence-corrected chi connectivity index (χ0v) is 32.9. The van der Waals surface area contributed by atoms with Crippen molar-refractivity contribution in [2.45, 2.75) is 5.41 Å². The molecule has 274 valence electrons. The first-order chi connectivity index (χ1) is 29.3. The zero-order chi connectivity index (χ0) is 38.7. The molecule has 0 radical (unpaired) electrons. The predicted octanol–water partition coefficient (Wildman–Crippen LogP) is 15.8. The van der Waals surface area contributed by atoms with Crippen LogP contribution in [0.25, 0.3) is 75.1 Å². The third-order valence-corrected chi connectivity index (χ3v) is 14.2. The number of rotatable bonds is 4. The van der Waals surface area contributed by atoms with Crippen molar-refractivity contribution in [3.63, 3.8) is 0 Å². The van der Waals surface area contributed by atoms with Crippen LogP contribution in [0.15, 0.2) is 212 Å². The normalized spacial score (nSPS) is 13.2. The van der Waals surface area contributed by atoms with Gasteiger partial charge in [-0.15, -0.1) is 11.3 Å². The highest BCUT2D eigenvalue weighted by molar-refractivity contribution is 7.26. The van der Waals surface area contributed by atoms with Crippen molar-refractivity contribution < 1.29 is 0 Å². The van der Waals surface area contributed by atoms with Crippen molar-refractivity contribution in [3.05, 3.63) is 235 Å². The summed E-state index contributed by atoms with van der Waals surface area (Å²) >= 11 is 1.90. The highest BCUT2D eigenvalue weighted by Gasteiger charge is 2.52. The summed E-state index contributed by atoms with van der Waals surface area (Å²) in [5.41, 5.74) is 16.1. The summed E-state index contributed by atoms with van der Waals surface area (Å²) < 4.78 is 2.59. The third-order valence-electron chi connectivity index (χ3n) is 13.0. The topological polar surface area (TPSA) is 3.24 Å². The number of benzene rings is 10. The van der Waals surface area contributed by atoms with Gasteiger partial charge in [-0.05, 0) is 108 Å². The maximum Gasteiger partial charge on any atom is 0.0726 e.